The van der Waals surface area contributed by atoms with Crippen LogP contribution in [0.25, 0.3) is 0 Å². The van der Waals surface area contributed by atoms with Gasteiger partial charge in [-0.1, -0.05) is 18.6 Å². The summed E-state index contributed by atoms with van der Waals surface area (Å²) in [6.45, 7) is 2.52. The number of benzene rings is 1. The van der Waals surface area contributed by atoms with Gasteiger partial charge in [-0.3, -0.25) is 4.90 Å². The Balaban J connectivity index is 2.06. The van der Waals surface area contributed by atoms with E-state index < -0.39 is 5.51 Å². The fourth-order valence-electron chi connectivity index (χ4n) is 2.62. The van der Waals surface area contributed by atoms with Crippen LogP contribution in [0.3, 0.4) is 0 Å². The van der Waals surface area contributed by atoms with Crippen LogP contribution in [0.4, 0.5) is 13.2 Å². The lowest BCUT2D eigenvalue weighted by molar-refractivity contribution is -0.0328. The van der Waals surface area contributed by atoms with E-state index in [9.17, 15) is 13.2 Å². The molecule has 1 aliphatic heterocycles. The van der Waals surface area contributed by atoms with E-state index in [1.807, 2.05) is 0 Å². The van der Waals surface area contributed by atoms with Crippen LogP contribution < -0.4 is 5.73 Å². The molecule has 0 aromatic heterocycles. The third kappa shape index (κ3) is 4.40. The van der Waals surface area contributed by atoms with Gasteiger partial charge in [0.15, 0.2) is 0 Å². The molecule has 0 aliphatic carbocycles. The minimum Gasteiger partial charge on any atom is -0.329 e. The van der Waals surface area contributed by atoms with Crippen LogP contribution in [0, 0.1) is 0 Å². The fraction of sp³-hybridized carbons (Fsp3) is 0.571. The summed E-state index contributed by atoms with van der Waals surface area (Å²) in [4.78, 5) is 2.55. The molecule has 0 amide bonds. The van der Waals surface area contributed by atoms with E-state index in [0.717, 1.165) is 18.7 Å². The first-order valence-electron chi connectivity index (χ1n) is 6.79. The van der Waals surface area contributed by atoms with Crippen molar-refractivity contribution in [3.8, 4) is 0 Å². The Morgan fingerprint density at radius 2 is 1.70 bits per heavy atom. The minimum atomic E-state index is -4.23. The van der Waals surface area contributed by atoms with Crippen LogP contribution in [0.15, 0.2) is 29.2 Å². The van der Waals surface area contributed by atoms with Gasteiger partial charge < -0.3 is 5.73 Å². The van der Waals surface area contributed by atoms with Gasteiger partial charge in [0.2, 0.25) is 0 Å². The van der Waals surface area contributed by atoms with Crippen molar-refractivity contribution in [1.29, 1.82) is 0 Å². The standard InChI is InChI=1S/C14H19F3N2S/c15-14(16,17)20-12-6-4-11(5-7-12)13(10-18)19-8-2-1-3-9-19/h4-7,13H,1-3,8-10,18H2. The van der Waals surface area contributed by atoms with Gasteiger partial charge in [-0.25, -0.2) is 0 Å². The molecule has 1 heterocycles. The zero-order chi connectivity index (χ0) is 14.6. The van der Waals surface area contributed by atoms with Gasteiger partial charge in [0.25, 0.3) is 0 Å². The molecule has 0 saturated carbocycles. The fourth-order valence-corrected chi connectivity index (χ4v) is 3.16. The van der Waals surface area contributed by atoms with Crippen LogP contribution >= 0.6 is 11.8 Å². The highest BCUT2D eigenvalue weighted by Gasteiger charge is 2.29. The molecule has 0 bridgehead atoms. The van der Waals surface area contributed by atoms with Gasteiger partial charge in [-0.15, -0.1) is 0 Å². The quantitative estimate of drug-likeness (QED) is 0.858. The van der Waals surface area contributed by atoms with Crippen molar-refractivity contribution in [2.24, 2.45) is 5.73 Å². The van der Waals surface area contributed by atoms with Gasteiger partial charge in [-0.2, -0.15) is 13.2 Å². The normalized spacial score (nSPS) is 19.0. The SMILES string of the molecule is NCC(c1ccc(SC(F)(F)F)cc1)N1CCCCC1. The second kappa shape index (κ2) is 6.83. The minimum absolute atomic E-state index is 0.0805. The van der Waals surface area contributed by atoms with E-state index in [2.05, 4.69) is 4.90 Å². The van der Waals surface area contributed by atoms with Crippen LogP contribution in [0.1, 0.15) is 30.9 Å². The second-order valence-electron chi connectivity index (χ2n) is 4.96. The highest BCUT2D eigenvalue weighted by Crippen LogP contribution is 2.37. The lowest BCUT2D eigenvalue weighted by atomic mass is 10.0. The summed E-state index contributed by atoms with van der Waals surface area (Å²) in [5.74, 6) is 0. The Morgan fingerprint density at radius 1 is 1.10 bits per heavy atom. The molecule has 6 heteroatoms. The van der Waals surface area contributed by atoms with E-state index >= 15 is 0 Å². The van der Waals surface area contributed by atoms with Crippen molar-refractivity contribution < 1.29 is 13.2 Å². The van der Waals surface area contributed by atoms with Gasteiger partial charge in [0, 0.05) is 17.5 Å². The van der Waals surface area contributed by atoms with Crippen molar-refractivity contribution in [2.45, 2.75) is 35.7 Å². The molecule has 1 fully saturated rings. The van der Waals surface area contributed by atoms with Crippen molar-refractivity contribution >= 4 is 11.8 Å². The Kier molecular flexibility index (Phi) is 5.35. The molecule has 0 radical (unpaired) electrons. The predicted octanol–water partition coefficient (Wildman–Crippen LogP) is 3.78. The first kappa shape index (κ1) is 15.7. The molecule has 1 unspecified atom stereocenters. The van der Waals surface area contributed by atoms with E-state index in [1.54, 1.807) is 12.1 Å². The molecule has 1 aromatic carbocycles. The van der Waals surface area contributed by atoms with Crippen LogP contribution in [0.2, 0.25) is 0 Å². The number of hydrogen-bond acceptors (Lipinski definition) is 3. The molecule has 2 nitrogen and oxygen atoms in total. The molecular weight excluding hydrogens is 285 g/mol. The molecule has 20 heavy (non-hydrogen) atoms. The lowest BCUT2D eigenvalue weighted by Crippen LogP contribution is -2.37. The summed E-state index contributed by atoms with van der Waals surface area (Å²) in [6, 6.07) is 6.70. The average Bonchev–Trinajstić information content (AvgIpc) is 2.41. The number of nitrogens with two attached hydrogens (primary N) is 1. The topological polar surface area (TPSA) is 29.3 Å². The molecule has 0 spiro atoms. The largest absolute Gasteiger partial charge is 0.446 e. The molecule has 112 valence electrons. The zero-order valence-corrected chi connectivity index (χ0v) is 12.0. The van der Waals surface area contributed by atoms with Crippen LogP contribution in [-0.2, 0) is 0 Å². The van der Waals surface area contributed by atoms with E-state index in [4.69, 9.17) is 5.73 Å². The average molecular weight is 304 g/mol. The van der Waals surface area contributed by atoms with Gasteiger partial charge in [0.05, 0.1) is 0 Å². The molecular formula is C14H19F3N2S. The van der Waals surface area contributed by atoms with E-state index in [1.165, 1.54) is 31.4 Å². The summed E-state index contributed by atoms with van der Waals surface area (Å²) < 4.78 is 36.9. The number of halogens is 3. The van der Waals surface area contributed by atoms with Crippen molar-refractivity contribution in [1.82, 2.24) is 4.90 Å². The first-order valence-corrected chi connectivity index (χ1v) is 7.61. The number of alkyl halides is 3. The number of piperidine rings is 1. The first-order chi connectivity index (χ1) is 9.49. The number of thioether (sulfide) groups is 1. The molecule has 2 N–H and O–H groups in total. The smallest absolute Gasteiger partial charge is 0.329 e. The maximum absolute atomic E-state index is 12.3. The molecule has 2 rings (SSSR count). The lowest BCUT2D eigenvalue weighted by Gasteiger charge is -2.34. The van der Waals surface area contributed by atoms with Gasteiger partial charge in [0.1, 0.15) is 0 Å². The number of likely N-dealkylation sites (tertiary alicyclic amines) is 1. The maximum Gasteiger partial charge on any atom is 0.446 e. The van der Waals surface area contributed by atoms with Crippen molar-refractivity contribution in [3.05, 3.63) is 29.8 Å². The molecule has 1 aromatic rings. The number of hydrogen-bond donors (Lipinski definition) is 1. The number of nitrogens with zero attached hydrogens (tertiary/aromatic N) is 1. The highest BCUT2D eigenvalue weighted by atomic mass is 32.2. The Hall–Kier alpha value is -0.720. The Bertz CT molecular complexity index is 413. The summed E-state index contributed by atoms with van der Waals surface area (Å²) in [5, 5.41) is 0. The second-order valence-corrected chi connectivity index (χ2v) is 6.10. The number of rotatable bonds is 4. The van der Waals surface area contributed by atoms with Crippen LogP contribution in [0.5, 0.6) is 0 Å². The highest BCUT2D eigenvalue weighted by molar-refractivity contribution is 8.00. The summed E-state index contributed by atoms with van der Waals surface area (Å²) in [7, 11) is 0. The zero-order valence-electron chi connectivity index (χ0n) is 11.2. The van der Waals surface area contributed by atoms with Gasteiger partial charge in [-0.05, 0) is 55.4 Å². The molecule has 1 atom stereocenters. The molecule has 1 saturated heterocycles. The third-order valence-electron chi connectivity index (χ3n) is 3.55. The predicted molar refractivity (Wildman–Crippen MR) is 75.6 cm³/mol. The van der Waals surface area contributed by atoms with Gasteiger partial charge >= 0.3 is 5.51 Å². The maximum atomic E-state index is 12.3. The van der Waals surface area contributed by atoms with E-state index in [0.29, 0.717) is 6.54 Å². The van der Waals surface area contributed by atoms with Crippen molar-refractivity contribution in [3.63, 3.8) is 0 Å². The molecule has 1 aliphatic rings. The third-order valence-corrected chi connectivity index (χ3v) is 4.29. The summed E-state index contributed by atoms with van der Waals surface area (Å²) in [6.07, 6.45) is 3.58. The Morgan fingerprint density at radius 3 is 2.20 bits per heavy atom. The van der Waals surface area contributed by atoms with Crippen molar-refractivity contribution in [2.75, 3.05) is 19.6 Å². The monoisotopic (exact) mass is 304 g/mol. The van der Waals surface area contributed by atoms with E-state index in [-0.39, 0.29) is 22.7 Å². The Labute approximate surface area is 121 Å². The van der Waals surface area contributed by atoms with Crippen LogP contribution in [-0.4, -0.2) is 30.0 Å². The summed E-state index contributed by atoms with van der Waals surface area (Å²) in [5.41, 5.74) is 2.61. The summed E-state index contributed by atoms with van der Waals surface area (Å²) >= 11 is -0.0805.